The van der Waals surface area contributed by atoms with E-state index in [2.05, 4.69) is 4.72 Å². The summed E-state index contributed by atoms with van der Waals surface area (Å²) in [5.74, 6) is 0.191. The van der Waals surface area contributed by atoms with Gasteiger partial charge in [0.05, 0.1) is 5.75 Å². The topological polar surface area (TPSA) is 66.4 Å². The van der Waals surface area contributed by atoms with Gasteiger partial charge in [0.25, 0.3) is 0 Å². The van der Waals surface area contributed by atoms with Gasteiger partial charge in [-0.1, -0.05) is 20.8 Å². The molecule has 0 aromatic carbocycles. The van der Waals surface area contributed by atoms with Crippen LogP contribution in [0.5, 0.6) is 0 Å². The first-order valence-electron chi connectivity index (χ1n) is 5.85. The summed E-state index contributed by atoms with van der Waals surface area (Å²) >= 11 is 0. The molecule has 4 nitrogen and oxygen atoms in total. The predicted octanol–water partition coefficient (Wildman–Crippen LogP) is 1.50. The smallest absolute Gasteiger partial charge is 0.211 e. The number of unbranched alkanes of at least 4 members (excludes halogenated alkanes) is 2. The number of aliphatic hydroxyl groups is 1. The molecule has 16 heavy (non-hydrogen) atoms. The molecule has 5 heteroatoms. The molecule has 0 aliphatic rings. The minimum atomic E-state index is -3.11. The highest BCUT2D eigenvalue weighted by molar-refractivity contribution is 7.89. The van der Waals surface area contributed by atoms with Gasteiger partial charge < -0.3 is 5.11 Å². The summed E-state index contributed by atoms with van der Waals surface area (Å²) in [4.78, 5) is 0. The SMILES string of the molecule is CC(C)(C)CCS(=O)(=O)NCCCCCO. The van der Waals surface area contributed by atoms with E-state index in [9.17, 15) is 8.42 Å². The van der Waals surface area contributed by atoms with Gasteiger partial charge in [-0.15, -0.1) is 0 Å². The Labute approximate surface area is 99.5 Å². The van der Waals surface area contributed by atoms with Crippen molar-refractivity contribution in [3.63, 3.8) is 0 Å². The molecule has 98 valence electrons. The molecule has 0 saturated heterocycles. The summed E-state index contributed by atoms with van der Waals surface area (Å²) < 4.78 is 25.7. The Hall–Kier alpha value is -0.130. The molecular weight excluding hydrogens is 226 g/mol. The second kappa shape index (κ2) is 7.25. The van der Waals surface area contributed by atoms with Crippen LogP contribution in [0.25, 0.3) is 0 Å². The Kier molecular flexibility index (Phi) is 7.19. The van der Waals surface area contributed by atoms with Gasteiger partial charge in [-0.2, -0.15) is 0 Å². The van der Waals surface area contributed by atoms with Gasteiger partial charge in [0.2, 0.25) is 10.0 Å². The van der Waals surface area contributed by atoms with Crippen molar-refractivity contribution in [3.05, 3.63) is 0 Å². The maximum Gasteiger partial charge on any atom is 0.211 e. The van der Waals surface area contributed by atoms with E-state index in [0.29, 0.717) is 13.0 Å². The molecule has 0 aromatic rings. The molecule has 0 rings (SSSR count). The molecule has 0 atom stereocenters. The fraction of sp³-hybridized carbons (Fsp3) is 1.00. The van der Waals surface area contributed by atoms with Gasteiger partial charge in [0, 0.05) is 13.2 Å². The third-order valence-electron chi connectivity index (χ3n) is 2.28. The quantitative estimate of drug-likeness (QED) is 0.643. The molecule has 0 amide bonds. The van der Waals surface area contributed by atoms with Crippen molar-refractivity contribution in [2.45, 2.75) is 46.5 Å². The molecule has 0 fully saturated rings. The number of sulfonamides is 1. The first kappa shape index (κ1) is 15.9. The summed E-state index contributed by atoms with van der Waals surface area (Å²) in [5, 5.41) is 8.56. The lowest BCUT2D eigenvalue weighted by Gasteiger charge is -2.17. The van der Waals surface area contributed by atoms with E-state index in [1.165, 1.54) is 0 Å². The van der Waals surface area contributed by atoms with E-state index in [4.69, 9.17) is 5.11 Å². The fourth-order valence-corrected chi connectivity index (χ4v) is 2.63. The van der Waals surface area contributed by atoms with Crippen molar-refractivity contribution >= 4 is 10.0 Å². The van der Waals surface area contributed by atoms with Gasteiger partial charge in [-0.25, -0.2) is 13.1 Å². The second-order valence-electron chi connectivity index (χ2n) is 5.31. The first-order valence-corrected chi connectivity index (χ1v) is 7.50. The molecule has 0 unspecified atom stereocenters. The van der Waals surface area contributed by atoms with E-state index in [1.54, 1.807) is 0 Å². The normalized spacial score (nSPS) is 13.0. The highest BCUT2D eigenvalue weighted by Gasteiger charge is 2.16. The minimum absolute atomic E-state index is 0.0473. The average Bonchev–Trinajstić information content (AvgIpc) is 2.14. The molecule has 0 bridgehead atoms. The van der Waals surface area contributed by atoms with E-state index in [1.807, 2.05) is 20.8 Å². The Morgan fingerprint density at radius 1 is 1.12 bits per heavy atom. The summed E-state index contributed by atoms with van der Waals surface area (Å²) in [6.45, 7) is 6.75. The van der Waals surface area contributed by atoms with Crippen LogP contribution in [0.15, 0.2) is 0 Å². The average molecular weight is 251 g/mol. The Balaban J connectivity index is 3.71. The predicted molar refractivity (Wildman–Crippen MR) is 66.8 cm³/mol. The summed E-state index contributed by atoms with van der Waals surface area (Å²) in [6.07, 6.45) is 3.05. The summed E-state index contributed by atoms with van der Waals surface area (Å²) in [6, 6.07) is 0. The van der Waals surface area contributed by atoms with Crippen molar-refractivity contribution < 1.29 is 13.5 Å². The number of hydrogen-bond acceptors (Lipinski definition) is 3. The van der Waals surface area contributed by atoms with Gasteiger partial charge in [0.15, 0.2) is 0 Å². The minimum Gasteiger partial charge on any atom is -0.396 e. The van der Waals surface area contributed by atoms with Crippen LogP contribution >= 0.6 is 0 Å². The number of aliphatic hydroxyl groups excluding tert-OH is 1. The standard InChI is InChI=1S/C11H25NO3S/c1-11(2,3)7-10-16(14,15)12-8-5-4-6-9-13/h12-13H,4-10H2,1-3H3. The van der Waals surface area contributed by atoms with Crippen LogP contribution in [0.4, 0.5) is 0 Å². The maximum atomic E-state index is 11.5. The van der Waals surface area contributed by atoms with Gasteiger partial charge >= 0.3 is 0 Å². The maximum absolute atomic E-state index is 11.5. The van der Waals surface area contributed by atoms with E-state index in [-0.39, 0.29) is 17.8 Å². The highest BCUT2D eigenvalue weighted by atomic mass is 32.2. The zero-order valence-corrected chi connectivity index (χ0v) is 11.4. The van der Waals surface area contributed by atoms with Crippen LogP contribution < -0.4 is 4.72 Å². The monoisotopic (exact) mass is 251 g/mol. The summed E-state index contributed by atoms with van der Waals surface area (Å²) in [7, 11) is -3.11. The van der Waals surface area contributed by atoms with Crippen LogP contribution in [0, 0.1) is 5.41 Å². The molecule has 0 aromatic heterocycles. The zero-order chi connectivity index (χ0) is 12.7. The fourth-order valence-electron chi connectivity index (χ4n) is 1.15. The molecule has 0 aliphatic heterocycles. The van der Waals surface area contributed by atoms with Crippen molar-refractivity contribution in [2.75, 3.05) is 18.9 Å². The van der Waals surface area contributed by atoms with Crippen molar-refractivity contribution in [1.82, 2.24) is 4.72 Å². The van der Waals surface area contributed by atoms with Crippen LogP contribution in [-0.4, -0.2) is 32.4 Å². The van der Waals surface area contributed by atoms with E-state index in [0.717, 1.165) is 19.3 Å². The van der Waals surface area contributed by atoms with Crippen LogP contribution in [0.1, 0.15) is 46.5 Å². The molecule has 0 saturated carbocycles. The van der Waals surface area contributed by atoms with E-state index < -0.39 is 10.0 Å². The Bertz CT molecular complexity index is 267. The largest absolute Gasteiger partial charge is 0.396 e. The lowest BCUT2D eigenvalue weighted by atomic mass is 9.94. The molecule has 0 heterocycles. The first-order chi connectivity index (χ1) is 7.27. The van der Waals surface area contributed by atoms with Crippen LogP contribution in [-0.2, 0) is 10.0 Å². The molecule has 0 spiro atoms. The number of nitrogens with one attached hydrogen (secondary N) is 1. The van der Waals surface area contributed by atoms with Crippen molar-refractivity contribution in [1.29, 1.82) is 0 Å². The Morgan fingerprint density at radius 3 is 2.25 bits per heavy atom. The van der Waals surface area contributed by atoms with Crippen LogP contribution in [0.2, 0.25) is 0 Å². The molecular formula is C11H25NO3S. The Morgan fingerprint density at radius 2 is 1.75 bits per heavy atom. The van der Waals surface area contributed by atoms with Crippen LogP contribution in [0.3, 0.4) is 0 Å². The second-order valence-corrected chi connectivity index (χ2v) is 7.23. The summed E-state index contributed by atoms with van der Waals surface area (Å²) in [5.41, 5.74) is 0.0473. The van der Waals surface area contributed by atoms with Crippen molar-refractivity contribution in [2.24, 2.45) is 5.41 Å². The van der Waals surface area contributed by atoms with Gasteiger partial charge in [-0.3, -0.25) is 0 Å². The third-order valence-corrected chi connectivity index (χ3v) is 3.66. The van der Waals surface area contributed by atoms with Gasteiger partial charge in [0.1, 0.15) is 0 Å². The van der Waals surface area contributed by atoms with Gasteiger partial charge in [-0.05, 0) is 31.1 Å². The zero-order valence-electron chi connectivity index (χ0n) is 10.6. The third kappa shape index (κ3) is 10.4. The molecule has 2 N–H and O–H groups in total. The number of rotatable bonds is 8. The number of hydrogen-bond donors (Lipinski definition) is 2. The molecule has 0 radical (unpaired) electrons. The highest BCUT2D eigenvalue weighted by Crippen LogP contribution is 2.18. The molecule has 0 aliphatic carbocycles. The lowest BCUT2D eigenvalue weighted by Crippen LogP contribution is -2.29. The lowest BCUT2D eigenvalue weighted by molar-refractivity contribution is 0.283. The van der Waals surface area contributed by atoms with E-state index >= 15 is 0 Å². The van der Waals surface area contributed by atoms with Crippen molar-refractivity contribution in [3.8, 4) is 0 Å².